The number of hydrogen-bond donors (Lipinski definition) is 2. The number of rotatable bonds is 5. The minimum absolute atomic E-state index is 0.345. The van der Waals surface area contributed by atoms with Crippen LogP contribution in [0.4, 0.5) is 5.69 Å². The monoisotopic (exact) mass is 274 g/mol. The molecule has 3 N–H and O–H groups in total. The molecule has 2 rings (SSSR count). The average Bonchev–Trinajstić information content (AvgIpc) is 2.46. The van der Waals surface area contributed by atoms with Gasteiger partial charge in [0.2, 0.25) is 5.88 Å². The van der Waals surface area contributed by atoms with Gasteiger partial charge in [-0.15, -0.1) is 0 Å². The number of thiocarbonyl (C=S) groups is 1. The number of ether oxygens (including phenoxy) is 1. The fraction of sp³-hybridized carbons (Fsp3) is 0.154. The van der Waals surface area contributed by atoms with Gasteiger partial charge in [-0.2, -0.15) is 0 Å². The van der Waals surface area contributed by atoms with Gasteiger partial charge in [-0.1, -0.05) is 18.3 Å². The van der Waals surface area contributed by atoms with Crippen LogP contribution in [0.3, 0.4) is 0 Å². The average molecular weight is 274 g/mol. The maximum atomic E-state index is 5.66. The van der Waals surface area contributed by atoms with Gasteiger partial charge < -0.3 is 15.8 Å². The first kappa shape index (κ1) is 13.2. The van der Waals surface area contributed by atoms with E-state index in [1.54, 1.807) is 31.8 Å². The maximum Gasteiger partial charge on any atom is 0.212 e. The number of nitrogens with one attached hydrogen (secondary N) is 1. The van der Waals surface area contributed by atoms with Crippen LogP contribution >= 0.6 is 12.2 Å². The van der Waals surface area contributed by atoms with Crippen LogP contribution in [0, 0.1) is 0 Å². The van der Waals surface area contributed by atoms with E-state index in [1.165, 1.54) is 0 Å². The molecular weight excluding hydrogens is 260 g/mol. The third kappa shape index (κ3) is 3.38. The smallest absolute Gasteiger partial charge is 0.212 e. The summed E-state index contributed by atoms with van der Waals surface area (Å²) in [6.07, 6.45) is 5.11. The molecule has 2 aromatic heterocycles. The topological polar surface area (TPSA) is 73.1 Å². The quantitative estimate of drug-likeness (QED) is 0.809. The van der Waals surface area contributed by atoms with Crippen LogP contribution < -0.4 is 15.8 Å². The molecule has 0 fully saturated rings. The molecular formula is C13H14N4OS. The highest BCUT2D eigenvalue weighted by atomic mass is 32.1. The second-order valence-electron chi connectivity index (χ2n) is 3.85. The van der Waals surface area contributed by atoms with Crippen molar-refractivity contribution in [3.05, 3.63) is 47.9 Å². The molecule has 0 bridgehead atoms. The van der Waals surface area contributed by atoms with Crippen LogP contribution in [-0.2, 0) is 6.54 Å². The summed E-state index contributed by atoms with van der Waals surface area (Å²) in [5.41, 5.74) is 8.28. The number of pyridine rings is 2. The van der Waals surface area contributed by atoms with Gasteiger partial charge in [0.05, 0.1) is 19.0 Å². The summed E-state index contributed by atoms with van der Waals surface area (Å²) in [6.45, 7) is 0.609. The molecule has 0 atom stereocenters. The second kappa shape index (κ2) is 6.10. The minimum atomic E-state index is 0.345. The Morgan fingerprint density at radius 2 is 2.21 bits per heavy atom. The summed E-state index contributed by atoms with van der Waals surface area (Å²) in [5, 5.41) is 3.24. The second-order valence-corrected chi connectivity index (χ2v) is 4.29. The van der Waals surface area contributed by atoms with E-state index < -0.39 is 0 Å². The Hall–Kier alpha value is -2.21. The number of hydrogen-bond acceptors (Lipinski definition) is 5. The molecule has 19 heavy (non-hydrogen) atoms. The number of nitrogens with zero attached hydrogens (tertiary/aromatic N) is 2. The highest BCUT2D eigenvalue weighted by Crippen LogP contribution is 2.15. The Bertz CT molecular complexity index is 571. The predicted molar refractivity (Wildman–Crippen MR) is 78.2 cm³/mol. The Labute approximate surface area is 116 Å². The Balaban J connectivity index is 2.07. The number of nitrogens with two attached hydrogens (primary N) is 1. The van der Waals surface area contributed by atoms with Gasteiger partial charge in [-0.05, 0) is 11.6 Å². The van der Waals surface area contributed by atoms with Crippen molar-refractivity contribution in [3.8, 4) is 5.88 Å². The fourth-order valence-corrected chi connectivity index (χ4v) is 1.76. The summed E-state index contributed by atoms with van der Waals surface area (Å²) in [7, 11) is 1.59. The number of anilines is 1. The molecule has 6 heteroatoms. The van der Waals surface area contributed by atoms with Crippen molar-refractivity contribution < 1.29 is 4.74 Å². The lowest BCUT2D eigenvalue weighted by Gasteiger charge is -2.10. The summed E-state index contributed by atoms with van der Waals surface area (Å²) >= 11 is 4.99. The molecule has 0 radical (unpaired) electrons. The van der Waals surface area contributed by atoms with Gasteiger partial charge in [-0.25, -0.2) is 4.98 Å². The zero-order chi connectivity index (χ0) is 13.7. The van der Waals surface area contributed by atoms with E-state index in [0.29, 0.717) is 17.4 Å². The molecule has 2 aromatic rings. The van der Waals surface area contributed by atoms with E-state index in [1.807, 2.05) is 12.1 Å². The van der Waals surface area contributed by atoms with E-state index >= 15 is 0 Å². The molecule has 0 aromatic carbocycles. The highest BCUT2D eigenvalue weighted by Gasteiger charge is 2.04. The molecule has 0 aliphatic heterocycles. The molecule has 0 amide bonds. The van der Waals surface area contributed by atoms with Crippen molar-refractivity contribution in [1.29, 1.82) is 0 Å². The zero-order valence-electron chi connectivity index (χ0n) is 10.5. The molecule has 98 valence electrons. The fourth-order valence-electron chi connectivity index (χ4n) is 1.58. The number of methoxy groups -OCH3 is 1. The van der Waals surface area contributed by atoms with E-state index in [2.05, 4.69) is 15.3 Å². The molecule has 0 aliphatic carbocycles. The highest BCUT2D eigenvalue weighted by molar-refractivity contribution is 7.80. The van der Waals surface area contributed by atoms with Crippen LogP contribution in [0.1, 0.15) is 11.1 Å². The van der Waals surface area contributed by atoms with Crippen LogP contribution in [-0.4, -0.2) is 22.1 Å². The van der Waals surface area contributed by atoms with Crippen molar-refractivity contribution in [3.63, 3.8) is 0 Å². The first-order valence-corrected chi connectivity index (χ1v) is 6.08. The van der Waals surface area contributed by atoms with E-state index in [-0.39, 0.29) is 0 Å². The van der Waals surface area contributed by atoms with Gasteiger partial charge in [0.15, 0.2) is 0 Å². The lowest BCUT2D eigenvalue weighted by Crippen LogP contribution is -2.13. The summed E-state index contributed by atoms with van der Waals surface area (Å²) in [4.78, 5) is 8.54. The maximum absolute atomic E-state index is 5.66. The normalized spacial score (nSPS) is 9.95. The largest absolute Gasteiger partial charge is 0.481 e. The summed E-state index contributed by atoms with van der Waals surface area (Å²) in [5.74, 6) is 0.592. The molecule has 0 aliphatic rings. The molecule has 5 nitrogen and oxygen atoms in total. The van der Waals surface area contributed by atoms with Gasteiger partial charge in [0, 0.05) is 30.6 Å². The summed E-state index contributed by atoms with van der Waals surface area (Å²) < 4.78 is 5.01. The number of aromatic nitrogens is 2. The SMILES string of the molecule is COc1ccc(CNc2cnccc2C(N)=S)cn1. The molecule has 0 spiro atoms. The van der Waals surface area contributed by atoms with Crippen LogP contribution in [0.5, 0.6) is 5.88 Å². The van der Waals surface area contributed by atoms with Crippen molar-refractivity contribution in [2.75, 3.05) is 12.4 Å². The van der Waals surface area contributed by atoms with Crippen molar-refractivity contribution in [2.45, 2.75) is 6.54 Å². The Morgan fingerprint density at radius 1 is 1.37 bits per heavy atom. The third-order valence-electron chi connectivity index (χ3n) is 2.58. The predicted octanol–water partition coefficient (Wildman–Crippen LogP) is 1.73. The van der Waals surface area contributed by atoms with Crippen molar-refractivity contribution in [1.82, 2.24) is 9.97 Å². The van der Waals surface area contributed by atoms with Crippen LogP contribution in [0.2, 0.25) is 0 Å². The first-order chi connectivity index (χ1) is 9.20. The van der Waals surface area contributed by atoms with E-state index in [0.717, 1.165) is 16.8 Å². The van der Waals surface area contributed by atoms with Crippen molar-refractivity contribution in [2.24, 2.45) is 5.73 Å². The Kier molecular flexibility index (Phi) is 4.25. The third-order valence-corrected chi connectivity index (χ3v) is 2.80. The van der Waals surface area contributed by atoms with Crippen LogP contribution in [0.15, 0.2) is 36.8 Å². The first-order valence-electron chi connectivity index (χ1n) is 5.67. The zero-order valence-corrected chi connectivity index (χ0v) is 11.3. The molecule has 2 heterocycles. The molecule has 0 saturated heterocycles. The minimum Gasteiger partial charge on any atom is -0.481 e. The standard InChI is InChI=1S/C13H14N4OS/c1-18-12-3-2-9(7-17-12)6-16-11-8-15-5-4-10(11)13(14)19/h2-5,7-8,16H,6H2,1H3,(H2,14,19). The van der Waals surface area contributed by atoms with Crippen molar-refractivity contribution >= 4 is 22.9 Å². The lowest BCUT2D eigenvalue weighted by molar-refractivity contribution is 0.397. The molecule has 0 unspecified atom stereocenters. The van der Waals surface area contributed by atoms with E-state index in [4.69, 9.17) is 22.7 Å². The van der Waals surface area contributed by atoms with Gasteiger partial charge in [-0.3, -0.25) is 4.98 Å². The lowest BCUT2D eigenvalue weighted by atomic mass is 10.2. The Morgan fingerprint density at radius 3 is 2.84 bits per heavy atom. The van der Waals surface area contributed by atoms with Gasteiger partial charge in [0.25, 0.3) is 0 Å². The summed E-state index contributed by atoms with van der Waals surface area (Å²) in [6, 6.07) is 5.54. The van der Waals surface area contributed by atoms with Gasteiger partial charge in [0.1, 0.15) is 4.99 Å². The van der Waals surface area contributed by atoms with Crippen LogP contribution in [0.25, 0.3) is 0 Å². The van der Waals surface area contributed by atoms with Gasteiger partial charge >= 0.3 is 0 Å². The molecule has 0 saturated carbocycles. The van der Waals surface area contributed by atoms with E-state index in [9.17, 15) is 0 Å².